The molecule has 1 aromatic rings. The minimum Gasteiger partial charge on any atom is -0.295 e. The monoisotopic (exact) mass is 330 g/mol. The van der Waals surface area contributed by atoms with Crippen LogP contribution in [-0.4, -0.2) is 30.3 Å². The molecule has 1 heterocycles. The molecule has 1 atom stereocenters. The minimum absolute atomic E-state index is 0.0436. The first-order valence-electron chi connectivity index (χ1n) is 6.98. The predicted octanol–water partition coefficient (Wildman–Crippen LogP) is 3.40. The summed E-state index contributed by atoms with van der Waals surface area (Å²) in [6.45, 7) is 5.13. The summed E-state index contributed by atoms with van der Waals surface area (Å²) in [6, 6.07) is 1.34. The van der Waals surface area contributed by atoms with E-state index in [1.165, 1.54) is 0 Å². The Kier molecular flexibility index (Phi) is 5.70. The van der Waals surface area contributed by atoms with E-state index >= 15 is 0 Å². The quantitative estimate of drug-likeness (QED) is 0.398. The molecule has 8 heteroatoms. The maximum Gasteiger partial charge on any atom is 0.225 e. The molecule has 120 valence electrons. The van der Waals surface area contributed by atoms with Crippen LogP contribution in [0, 0.1) is 23.4 Å². The van der Waals surface area contributed by atoms with Gasteiger partial charge in [-0.2, -0.15) is 5.10 Å². The maximum atomic E-state index is 13.6. The van der Waals surface area contributed by atoms with E-state index in [9.17, 15) is 13.2 Å². The highest BCUT2D eigenvalue weighted by Crippen LogP contribution is 2.23. The molecule has 1 aromatic carbocycles. The van der Waals surface area contributed by atoms with E-state index in [4.69, 9.17) is 0 Å². The molecule has 4 nitrogen and oxygen atoms in total. The van der Waals surface area contributed by atoms with E-state index in [2.05, 4.69) is 21.7 Å². The summed E-state index contributed by atoms with van der Waals surface area (Å²) in [5, 5.41) is 5.93. The number of rotatable bonds is 4. The normalized spacial score (nSPS) is 18.1. The van der Waals surface area contributed by atoms with Gasteiger partial charge in [0.15, 0.2) is 11.6 Å². The van der Waals surface area contributed by atoms with Crippen LogP contribution in [0.15, 0.2) is 27.1 Å². The number of guanidine groups is 1. The van der Waals surface area contributed by atoms with Gasteiger partial charge in [0.2, 0.25) is 5.96 Å². The van der Waals surface area contributed by atoms with Gasteiger partial charge in [-0.15, -0.1) is 0 Å². The van der Waals surface area contributed by atoms with Crippen molar-refractivity contribution in [1.82, 2.24) is 9.73 Å². The summed E-state index contributed by atoms with van der Waals surface area (Å²) in [5.41, 5.74) is 0. The lowest BCUT2D eigenvalue weighted by molar-refractivity contribution is 0.431. The number of aliphatic imine (C=N–C) groups is 1. The molecule has 1 aliphatic rings. The van der Waals surface area contributed by atoms with E-state index in [-0.39, 0.29) is 4.90 Å². The first kappa shape index (κ1) is 16.7. The molecule has 0 bridgehead atoms. The van der Waals surface area contributed by atoms with Crippen molar-refractivity contribution in [3.05, 3.63) is 29.6 Å². The van der Waals surface area contributed by atoms with Crippen LogP contribution < -0.4 is 4.72 Å². The zero-order valence-corrected chi connectivity index (χ0v) is 13.1. The lowest BCUT2D eigenvalue weighted by Gasteiger charge is -2.18. The zero-order valence-electron chi connectivity index (χ0n) is 12.3. The summed E-state index contributed by atoms with van der Waals surface area (Å²) in [5.74, 6) is -2.33. The highest BCUT2D eigenvalue weighted by molar-refractivity contribution is 7.98. The first-order valence-corrected chi connectivity index (χ1v) is 7.80. The molecular weight excluding hydrogens is 313 g/mol. The van der Waals surface area contributed by atoms with Crippen LogP contribution >= 0.6 is 11.9 Å². The van der Waals surface area contributed by atoms with Gasteiger partial charge >= 0.3 is 0 Å². The second kappa shape index (κ2) is 7.53. The van der Waals surface area contributed by atoms with Gasteiger partial charge in [-0.3, -0.25) is 9.71 Å². The van der Waals surface area contributed by atoms with Gasteiger partial charge in [-0.05, 0) is 31.4 Å². The average molecular weight is 330 g/mol. The van der Waals surface area contributed by atoms with Crippen LogP contribution in [0.3, 0.4) is 0 Å². The van der Waals surface area contributed by atoms with Crippen molar-refractivity contribution in [2.75, 3.05) is 13.1 Å². The average Bonchev–Trinajstić information content (AvgIpc) is 2.97. The topological polar surface area (TPSA) is 40.0 Å². The van der Waals surface area contributed by atoms with Crippen LogP contribution in [-0.2, 0) is 0 Å². The van der Waals surface area contributed by atoms with E-state index < -0.39 is 17.5 Å². The lowest BCUT2D eigenvalue weighted by atomic mass is 10.1. The number of hydrogen-bond donors (Lipinski definition) is 1. The van der Waals surface area contributed by atoms with Gasteiger partial charge in [0, 0.05) is 24.7 Å². The highest BCUT2D eigenvalue weighted by Gasteiger charge is 2.21. The summed E-state index contributed by atoms with van der Waals surface area (Å²) in [6.07, 6.45) is 2.81. The van der Waals surface area contributed by atoms with E-state index in [0.717, 1.165) is 24.4 Å². The molecule has 0 saturated heterocycles. The molecule has 22 heavy (non-hydrogen) atoms. The Morgan fingerprint density at radius 1 is 1.32 bits per heavy atom. The number of halogens is 3. The third kappa shape index (κ3) is 3.94. The van der Waals surface area contributed by atoms with Crippen LogP contribution in [0.5, 0.6) is 0 Å². The molecule has 0 fully saturated rings. The standard InChI is InChI=1S/C14H17F3N4S/c1-3-9-7-19-21(8-9)14(18-4-2)20-22-13-6-11(16)10(15)5-12(13)17/h5-7,9H,3-4,8H2,1-2H3,(H,18,20). The summed E-state index contributed by atoms with van der Waals surface area (Å²) >= 11 is 0.836. The van der Waals surface area contributed by atoms with Crippen molar-refractivity contribution in [3.8, 4) is 0 Å². The highest BCUT2D eigenvalue weighted by atomic mass is 32.2. The molecule has 0 radical (unpaired) electrons. The third-order valence-corrected chi connectivity index (χ3v) is 3.95. The fourth-order valence-corrected chi connectivity index (χ4v) is 2.56. The van der Waals surface area contributed by atoms with Crippen molar-refractivity contribution in [2.45, 2.75) is 25.2 Å². The molecule has 1 N–H and O–H groups in total. The van der Waals surface area contributed by atoms with Crippen LogP contribution in [0.4, 0.5) is 13.2 Å². The molecule has 0 saturated carbocycles. The number of benzene rings is 1. The second-order valence-corrected chi connectivity index (χ2v) is 5.56. The molecule has 1 aliphatic heterocycles. The molecule has 0 spiro atoms. The van der Waals surface area contributed by atoms with E-state index in [1.807, 2.05) is 13.1 Å². The van der Waals surface area contributed by atoms with Gasteiger partial charge in [0.1, 0.15) is 5.82 Å². The van der Waals surface area contributed by atoms with Crippen molar-refractivity contribution in [3.63, 3.8) is 0 Å². The number of hydrogen-bond acceptors (Lipinski definition) is 3. The fraction of sp³-hybridized carbons (Fsp3) is 0.429. The molecule has 2 rings (SSSR count). The fourth-order valence-electron chi connectivity index (χ4n) is 1.87. The Morgan fingerprint density at radius 3 is 2.68 bits per heavy atom. The summed E-state index contributed by atoms with van der Waals surface area (Å²) in [7, 11) is 0. The summed E-state index contributed by atoms with van der Waals surface area (Å²) in [4.78, 5) is 4.22. The first-order chi connectivity index (χ1) is 10.5. The molecule has 0 aliphatic carbocycles. The second-order valence-electron chi connectivity index (χ2n) is 4.71. The van der Waals surface area contributed by atoms with Gasteiger partial charge in [-0.25, -0.2) is 18.2 Å². The lowest BCUT2D eigenvalue weighted by Crippen LogP contribution is -2.34. The van der Waals surface area contributed by atoms with E-state index in [0.29, 0.717) is 31.0 Å². The van der Waals surface area contributed by atoms with E-state index in [1.54, 1.807) is 5.01 Å². The van der Waals surface area contributed by atoms with Crippen LogP contribution in [0.25, 0.3) is 0 Å². The predicted molar refractivity (Wildman–Crippen MR) is 82.3 cm³/mol. The van der Waals surface area contributed by atoms with Gasteiger partial charge < -0.3 is 0 Å². The summed E-state index contributed by atoms with van der Waals surface area (Å²) < 4.78 is 42.6. The molecule has 1 unspecified atom stereocenters. The van der Waals surface area contributed by atoms with Gasteiger partial charge in [0.25, 0.3) is 0 Å². The Hall–Kier alpha value is -1.70. The minimum atomic E-state index is -1.21. The zero-order chi connectivity index (χ0) is 16.1. The molecule has 0 aromatic heterocycles. The third-order valence-electron chi connectivity index (χ3n) is 3.13. The number of nitrogens with zero attached hydrogens (tertiary/aromatic N) is 3. The van der Waals surface area contributed by atoms with Crippen molar-refractivity contribution in [1.29, 1.82) is 0 Å². The SMILES string of the molecule is CCN=C(NSc1cc(F)c(F)cc1F)N1CC(CC)C=N1. The molecular formula is C14H17F3N4S. The van der Waals surface area contributed by atoms with Gasteiger partial charge in [-0.1, -0.05) is 6.92 Å². The number of nitrogens with one attached hydrogen (secondary N) is 1. The number of hydrazone groups is 1. The van der Waals surface area contributed by atoms with Crippen LogP contribution in [0.2, 0.25) is 0 Å². The Balaban J connectivity index is 2.06. The van der Waals surface area contributed by atoms with Crippen LogP contribution in [0.1, 0.15) is 20.3 Å². The van der Waals surface area contributed by atoms with Crippen molar-refractivity contribution in [2.24, 2.45) is 16.0 Å². The van der Waals surface area contributed by atoms with Gasteiger partial charge in [0.05, 0.1) is 11.4 Å². The van der Waals surface area contributed by atoms with Crippen molar-refractivity contribution < 1.29 is 13.2 Å². The van der Waals surface area contributed by atoms with Crippen molar-refractivity contribution >= 4 is 24.1 Å². The Bertz CT molecular complexity index is 592. The Morgan fingerprint density at radius 2 is 2.05 bits per heavy atom. The maximum absolute atomic E-state index is 13.6. The smallest absolute Gasteiger partial charge is 0.225 e. The molecule has 0 amide bonds. The Labute approximate surface area is 131 Å². The largest absolute Gasteiger partial charge is 0.295 e.